The number of hydrogen-bond acceptors (Lipinski definition) is 5. The number of methoxy groups -OCH3 is 1. The number of hydrogen-bond donors (Lipinski definition) is 1. The van der Waals surface area contributed by atoms with Gasteiger partial charge in [-0.25, -0.2) is 0 Å². The summed E-state index contributed by atoms with van der Waals surface area (Å²) in [6.45, 7) is 7.72. The van der Waals surface area contributed by atoms with Crippen molar-refractivity contribution in [3.05, 3.63) is 85.5 Å². The first-order valence-corrected chi connectivity index (χ1v) is 12.3. The number of carbonyl (C=O) groups excluding carboxylic acids is 1. The van der Waals surface area contributed by atoms with E-state index in [1.54, 1.807) is 15.9 Å². The molecule has 0 atom stereocenters. The maximum atomic E-state index is 13.2. The fourth-order valence-electron chi connectivity index (χ4n) is 4.29. The van der Waals surface area contributed by atoms with E-state index in [1.807, 2.05) is 16.8 Å². The second-order valence-electron chi connectivity index (χ2n) is 8.76. The van der Waals surface area contributed by atoms with Crippen molar-refractivity contribution in [1.29, 1.82) is 0 Å². The average Bonchev–Trinajstić information content (AvgIpc) is 3.25. The van der Waals surface area contributed by atoms with Crippen molar-refractivity contribution in [2.24, 2.45) is 0 Å². The van der Waals surface area contributed by atoms with Gasteiger partial charge in [-0.3, -0.25) is 14.5 Å². The van der Waals surface area contributed by atoms with Crippen LogP contribution in [0.3, 0.4) is 0 Å². The Kier molecular flexibility index (Phi) is 7.30. The summed E-state index contributed by atoms with van der Waals surface area (Å²) in [4.78, 5) is 28.3. The molecule has 1 N–H and O–H groups in total. The van der Waals surface area contributed by atoms with Gasteiger partial charge < -0.3 is 14.6 Å². The smallest absolute Gasteiger partial charge is 0.257 e. The molecule has 1 aliphatic heterocycles. The van der Waals surface area contributed by atoms with Crippen LogP contribution < -0.4 is 15.6 Å². The lowest BCUT2D eigenvalue weighted by Gasteiger charge is -2.19. The van der Waals surface area contributed by atoms with E-state index >= 15 is 0 Å². The molecule has 0 saturated heterocycles. The quantitative estimate of drug-likeness (QED) is 0.572. The van der Waals surface area contributed by atoms with E-state index in [-0.39, 0.29) is 11.5 Å². The molecule has 7 heteroatoms. The minimum Gasteiger partial charge on any atom is -0.496 e. The van der Waals surface area contributed by atoms with E-state index in [1.165, 1.54) is 24.3 Å². The number of carbonyl (C=O) groups is 1. The zero-order valence-electron chi connectivity index (χ0n) is 19.5. The van der Waals surface area contributed by atoms with Gasteiger partial charge in [-0.1, -0.05) is 38.1 Å². The summed E-state index contributed by atoms with van der Waals surface area (Å²) in [7, 11) is 1.51. The van der Waals surface area contributed by atoms with Gasteiger partial charge in [0.2, 0.25) is 0 Å². The Morgan fingerprint density at radius 1 is 1.12 bits per heavy atom. The topological polar surface area (TPSA) is 63.6 Å². The number of benzene rings is 1. The summed E-state index contributed by atoms with van der Waals surface area (Å²) in [5, 5.41) is 6.99. The molecule has 1 amide bonds. The molecule has 6 nitrogen and oxygen atoms in total. The van der Waals surface area contributed by atoms with Crippen molar-refractivity contribution >= 4 is 17.2 Å². The monoisotopic (exact) mass is 465 g/mol. The van der Waals surface area contributed by atoms with Crippen molar-refractivity contribution in [3.63, 3.8) is 0 Å². The zero-order valence-corrected chi connectivity index (χ0v) is 20.3. The first-order chi connectivity index (χ1) is 16.0. The third kappa shape index (κ3) is 5.37. The molecule has 0 aliphatic carbocycles. The first-order valence-electron chi connectivity index (χ1n) is 11.4. The Morgan fingerprint density at radius 2 is 1.91 bits per heavy atom. The summed E-state index contributed by atoms with van der Waals surface area (Å²) in [5.74, 6) is 0.643. The normalized spacial score (nSPS) is 14.1. The molecule has 1 aliphatic rings. The maximum absolute atomic E-state index is 13.2. The van der Waals surface area contributed by atoms with Crippen molar-refractivity contribution in [2.75, 3.05) is 20.2 Å². The molecule has 0 radical (unpaired) electrons. The Hall–Kier alpha value is -2.90. The molecule has 0 bridgehead atoms. The van der Waals surface area contributed by atoms with Crippen LogP contribution >= 0.6 is 11.3 Å². The van der Waals surface area contributed by atoms with Gasteiger partial charge >= 0.3 is 0 Å². The third-order valence-corrected chi connectivity index (χ3v) is 6.95. The zero-order chi connectivity index (χ0) is 23.4. The van der Waals surface area contributed by atoms with Crippen LogP contribution in [0.25, 0.3) is 0 Å². The number of amides is 1. The highest BCUT2D eigenvalue weighted by molar-refractivity contribution is 7.07. The van der Waals surface area contributed by atoms with Crippen molar-refractivity contribution in [2.45, 2.75) is 45.8 Å². The van der Waals surface area contributed by atoms with Gasteiger partial charge in [0, 0.05) is 50.9 Å². The van der Waals surface area contributed by atoms with Crippen LogP contribution in [0.5, 0.6) is 5.75 Å². The predicted octanol–water partition coefficient (Wildman–Crippen LogP) is 4.03. The SMILES string of the molecule is COc1cc(=O)n2c(c1C(=O)NCc1ccsc1)CCN(Cc1ccc(C(C)C)cc1)CC2. The number of ether oxygens (including phenoxy) is 1. The molecule has 2 aromatic heterocycles. The van der Waals surface area contributed by atoms with Crippen molar-refractivity contribution in [3.8, 4) is 5.75 Å². The van der Waals surface area contributed by atoms with E-state index in [0.717, 1.165) is 30.9 Å². The largest absolute Gasteiger partial charge is 0.496 e. The molecule has 3 heterocycles. The highest BCUT2D eigenvalue weighted by Crippen LogP contribution is 2.24. The Labute approximate surface area is 198 Å². The number of pyridine rings is 1. The van der Waals surface area contributed by atoms with Gasteiger partial charge in [-0.15, -0.1) is 0 Å². The van der Waals surface area contributed by atoms with Crippen LogP contribution in [0, 0.1) is 0 Å². The second kappa shape index (κ2) is 10.4. The number of fused-ring (bicyclic) bond motifs is 1. The first kappa shape index (κ1) is 23.3. The van der Waals surface area contributed by atoms with Gasteiger partial charge in [-0.2, -0.15) is 11.3 Å². The number of aromatic nitrogens is 1. The standard InChI is InChI=1S/C26H31N3O3S/c1-18(2)21-6-4-19(5-7-21)16-28-10-8-22-25(26(31)27-15-20-9-13-33-17-20)23(32-3)14-24(30)29(22)12-11-28/h4-7,9,13-14,17-18H,8,10-12,15-16H2,1-3H3,(H,27,31). The molecule has 0 saturated carbocycles. The number of rotatable bonds is 7. The fourth-order valence-corrected chi connectivity index (χ4v) is 4.96. The predicted molar refractivity (Wildman–Crippen MR) is 132 cm³/mol. The highest BCUT2D eigenvalue weighted by Gasteiger charge is 2.25. The van der Waals surface area contributed by atoms with E-state index < -0.39 is 0 Å². The van der Waals surface area contributed by atoms with E-state index in [0.29, 0.717) is 36.7 Å². The molecule has 0 unspecified atom stereocenters. The van der Waals surface area contributed by atoms with Crippen LogP contribution in [-0.4, -0.2) is 35.6 Å². The lowest BCUT2D eigenvalue weighted by Crippen LogP contribution is -2.31. The van der Waals surface area contributed by atoms with Gasteiger partial charge in [0.15, 0.2) is 0 Å². The van der Waals surface area contributed by atoms with Gasteiger partial charge in [-0.05, 0) is 39.4 Å². The lowest BCUT2D eigenvalue weighted by molar-refractivity contribution is 0.0945. The fraction of sp³-hybridized carbons (Fsp3) is 0.385. The number of nitrogens with zero attached hydrogens (tertiary/aromatic N) is 2. The van der Waals surface area contributed by atoms with Crippen molar-refractivity contribution in [1.82, 2.24) is 14.8 Å². The van der Waals surface area contributed by atoms with Crippen LogP contribution in [0.1, 0.15) is 52.5 Å². The average molecular weight is 466 g/mol. The summed E-state index contributed by atoms with van der Waals surface area (Å²) in [6.07, 6.45) is 0.609. The lowest BCUT2D eigenvalue weighted by atomic mass is 10.0. The molecule has 0 fully saturated rings. The number of nitrogens with one attached hydrogen (secondary N) is 1. The molecular formula is C26H31N3O3S. The Balaban J connectivity index is 1.54. The molecule has 174 valence electrons. The summed E-state index contributed by atoms with van der Waals surface area (Å²) >= 11 is 1.60. The molecule has 3 aromatic rings. The molecule has 4 rings (SSSR count). The van der Waals surface area contributed by atoms with Gasteiger partial charge in [0.1, 0.15) is 11.3 Å². The molecule has 0 spiro atoms. The molecule has 33 heavy (non-hydrogen) atoms. The molecule has 1 aromatic carbocycles. The Bertz CT molecular complexity index is 1150. The van der Waals surface area contributed by atoms with Crippen LogP contribution in [-0.2, 0) is 26.1 Å². The highest BCUT2D eigenvalue weighted by atomic mass is 32.1. The molecular weight excluding hydrogens is 434 g/mol. The summed E-state index contributed by atoms with van der Waals surface area (Å²) < 4.78 is 7.20. The second-order valence-corrected chi connectivity index (χ2v) is 9.54. The van der Waals surface area contributed by atoms with Crippen LogP contribution in [0.4, 0.5) is 0 Å². The van der Waals surface area contributed by atoms with E-state index in [4.69, 9.17) is 4.74 Å². The van der Waals surface area contributed by atoms with Crippen molar-refractivity contribution < 1.29 is 9.53 Å². The van der Waals surface area contributed by atoms with Crippen LogP contribution in [0.15, 0.2) is 52.0 Å². The maximum Gasteiger partial charge on any atom is 0.257 e. The third-order valence-electron chi connectivity index (χ3n) is 6.22. The van der Waals surface area contributed by atoms with E-state index in [9.17, 15) is 9.59 Å². The van der Waals surface area contributed by atoms with Gasteiger partial charge in [0.05, 0.1) is 7.11 Å². The minimum absolute atomic E-state index is 0.126. The van der Waals surface area contributed by atoms with Gasteiger partial charge in [0.25, 0.3) is 11.5 Å². The number of thiophene rings is 1. The van der Waals surface area contributed by atoms with Crippen LogP contribution in [0.2, 0.25) is 0 Å². The summed E-state index contributed by atoms with van der Waals surface area (Å²) in [6, 6.07) is 12.2. The Morgan fingerprint density at radius 3 is 2.58 bits per heavy atom. The van der Waals surface area contributed by atoms with E-state index in [2.05, 4.69) is 48.3 Å². The minimum atomic E-state index is -0.209. The summed E-state index contributed by atoms with van der Waals surface area (Å²) in [5.41, 5.74) is 4.73.